The van der Waals surface area contributed by atoms with E-state index in [9.17, 15) is 36.9 Å². The Balaban J connectivity index is 0.978. The summed E-state index contributed by atoms with van der Waals surface area (Å²) in [6.45, 7) is 4.73. The van der Waals surface area contributed by atoms with Crippen molar-refractivity contribution in [3.63, 3.8) is 0 Å². The van der Waals surface area contributed by atoms with Crippen molar-refractivity contribution in [2.45, 2.75) is 46.1 Å². The molecule has 0 saturated heterocycles. The van der Waals surface area contributed by atoms with Gasteiger partial charge in [-0.25, -0.2) is 14.6 Å². The number of nitrogens with zero attached hydrogens (tertiary/aromatic N) is 4. The second-order valence-electron chi connectivity index (χ2n) is 14.2. The molecule has 0 radical (unpaired) electrons. The summed E-state index contributed by atoms with van der Waals surface area (Å²) in [7, 11) is -1.20. The summed E-state index contributed by atoms with van der Waals surface area (Å²) in [5.41, 5.74) is 2.85. The lowest BCUT2D eigenvalue weighted by Gasteiger charge is -2.15. The summed E-state index contributed by atoms with van der Waals surface area (Å²) in [5.74, 6) is -0.667. The van der Waals surface area contributed by atoms with Crippen LogP contribution in [0.25, 0.3) is 33.0 Å². The number of aromatic nitrogens is 5. The number of aromatic amines is 1. The molecule has 59 heavy (non-hydrogen) atoms. The zero-order valence-corrected chi connectivity index (χ0v) is 34.0. The topological polar surface area (TPSA) is 225 Å². The number of pyridine rings is 1. The minimum absolute atomic E-state index is 0.167. The van der Waals surface area contributed by atoms with E-state index < -0.39 is 33.1 Å². The molecule has 0 atom stereocenters. The van der Waals surface area contributed by atoms with Crippen molar-refractivity contribution in [1.82, 2.24) is 29.7 Å². The van der Waals surface area contributed by atoms with Crippen LogP contribution in [0.15, 0.2) is 70.3 Å². The number of nitrogens with one attached hydrogen (secondary N) is 3. The number of esters is 1. The SMILES string of the molecule is Cc1cc(C(=O)NCCOCCNC(=O)CCCc2nc3c([nH]2)c(=O)n(C)c(=O)n3C)cc(C)c1OC(=O)c1c2ccccc2[n+](CCCS(=O)(=O)O)c2ccccc12. The van der Waals surface area contributed by atoms with E-state index in [0.29, 0.717) is 68.5 Å². The zero-order chi connectivity index (χ0) is 42.4. The highest BCUT2D eigenvalue weighted by atomic mass is 32.2. The number of imidazole rings is 1. The monoisotopic (exact) mass is 828 g/mol. The van der Waals surface area contributed by atoms with Crippen LogP contribution in [-0.4, -0.2) is 81.9 Å². The molecule has 0 aliphatic heterocycles. The van der Waals surface area contributed by atoms with Gasteiger partial charge in [0, 0.05) is 64.1 Å². The largest absolute Gasteiger partial charge is 0.422 e. The highest BCUT2D eigenvalue weighted by Crippen LogP contribution is 2.30. The van der Waals surface area contributed by atoms with Crippen LogP contribution in [0.4, 0.5) is 0 Å². The molecule has 6 rings (SSSR count). The molecule has 0 unspecified atom stereocenters. The van der Waals surface area contributed by atoms with Gasteiger partial charge in [-0.3, -0.25) is 28.1 Å². The van der Waals surface area contributed by atoms with Crippen molar-refractivity contribution in [2.75, 3.05) is 32.1 Å². The van der Waals surface area contributed by atoms with Gasteiger partial charge in [0.2, 0.25) is 16.9 Å². The lowest BCUT2D eigenvalue weighted by Crippen LogP contribution is -2.37. The number of hydrogen-bond acceptors (Lipinski definition) is 10. The number of H-pyrrole nitrogens is 1. The average Bonchev–Trinajstić information content (AvgIpc) is 3.63. The molecule has 18 heteroatoms. The van der Waals surface area contributed by atoms with Crippen LogP contribution in [0.5, 0.6) is 5.75 Å². The van der Waals surface area contributed by atoms with Gasteiger partial charge < -0.3 is 25.1 Å². The fraction of sp³-hybridized carbons (Fsp3) is 0.341. The quantitative estimate of drug-likeness (QED) is 0.0261. The van der Waals surface area contributed by atoms with Gasteiger partial charge in [0.15, 0.2) is 12.2 Å². The summed E-state index contributed by atoms with van der Waals surface area (Å²) >= 11 is 0. The number of para-hydroxylation sites is 2. The van der Waals surface area contributed by atoms with Crippen LogP contribution in [0, 0.1) is 13.8 Å². The Morgan fingerprint density at radius 2 is 1.49 bits per heavy atom. The van der Waals surface area contributed by atoms with Gasteiger partial charge in [0.25, 0.3) is 21.6 Å². The summed E-state index contributed by atoms with van der Waals surface area (Å²) in [5, 5.41) is 6.82. The van der Waals surface area contributed by atoms with Gasteiger partial charge in [0.05, 0.1) is 35.3 Å². The van der Waals surface area contributed by atoms with Crippen molar-refractivity contribution in [3.05, 3.63) is 110 Å². The molecule has 0 aliphatic rings. The number of hydrogen-bond donors (Lipinski definition) is 4. The maximum absolute atomic E-state index is 14.0. The molecular weight excluding hydrogens is 783 g/mol. The second kappa shape index (κ2) is 18.1. The number of ether oxygens (including phenoxy) is 2. The van der Waals surface area contributed by atoms with Gasteiger partial charge in [-0.1, -0.05) is 24.3 Å². The van der Waals surface area contributed by atoms with Crippen molar-refractivity contribution in [2.24, 2.45) is 14.1 Å². The van der Waals surface area contributed by atoms with Crippen LogP contribution in [0.1, 0.15) is 56.9 Å². The molecule has 4 N–H and O–H groups in total. The second-order valence-corrected chi connectivity index (χ2v) is 15.8. The minimum atomic E-state index is -4.14. The Kier molecular flexibility index (Phi) is 13.0. The number of carbonyl (C=O) groups excluding carboxylic acids is 3. The van der Waals surface area contributed by atoms with E-state index in [-0.39, 0.29) is 68.7 Å². The Bertz CT molecular complexity index is 2750. The number of rotatable bonds is 17. The van der Waals surface area contributed by atoms with Crippen molar-refractivity contribution in [1.29, 1.82) is 0 Å². The minimum Gasteiger partial charge on any atom is -0.422 e. The first kappa shape index (κ1) is 42.4. The molecule has 0 saturated carbocycles. The maximum Gasteiger partial charge on any atom is 0.345 e. The predicted octanol–water partition coefficient (Wildman–Crippen LogP) is 2.55. The molecular formula is C41H46N7O10S+. The van der Waals surface area contributed by atoms with E-state index in [1.165, 1.54) is 11.6 Å². The first-order valence-corrected chi connectivity index (χ1v) is 20.6. The predicted molar refractivity (Wildman–Crippen MR) is 219 cm³/mol. The van der Waals surface area contributed by atoms with Crippen LogP contribution < -0.4 is 31.2 Å². The van der Waals surface area contributed by atoms with Gasteiger partial charge in [-0.05, 0) is 55.7 Å². The summed E-state index contributed by atoms with van der Waals surface area (Å²) in [4.78, 5) is 71.1. The van der Waals surface area contributed by atoms with Gasteiger partial charge in [-0.2, -0.15) is 13.0 Å². The van der Waals surface area contributed by atoms with Crippen LogP contribution in [0.2, 0.25) is 0 Å². The third-order valence-electron chi connectivity index (χ3n) is 9.90. The van der Waals surface area contributed by atoms with E-state index in [4.69, 9.17) is 9.47 Å². The Labute approximate surface area is 338 Å². The van der Waals surface area contributed by atoms with Crippen molar-refractivity contribution in [3.8, 4) is 5.75 Å². The van der Waals surface area contributed by atoms with Crippen LogP contribution >= 0.6 is 0 Å². The normalized spacial score (nSPS) is 11.7. The van der Waals surface area contributed by atoms with Crippen LogP contribution in [-0.2, 0) is 46.7 Å². The number of benzene rings is 3. The summed E-state index contributed by atoms with van der Waals surface area (Å²) in [6.07, 6.45) is 1.28. The average molecular weight is 829 g/mol. The summed E-state index contributed by atoms with van der Waals surface area (Å²) in [6, 6.07) is 17.8. The summed E-state index contributed by atoms with van der Waals surface area (Å²) < 4.78 is 47.9. The molecule has 0 fully saturated rings. The number of aryl methyl sites for hydroxylation is 5. The fourth-order valence-corrected chi connectivity index (χ4v) is 7.56. The third-order valence-corrected chi connectivity index (χ3v) is 10.7. The van der Waals surface area contributed by atoms with Crippen molar-refractivity contribution < 1.29 is 41.4 Å². The molecule has 0 spiro atoms. The molecule has 3 aromatic heterocycles. The molecule has 310 valence electrons. The standard InChI is InChI=1S/C41H45N7O10S/c1-25-23-27(38(50)43-18-21-57-20-17-42-33(49)16-9-15-32-44-35-37(45-32)46(3)41(53)47(4)39(35)51)24-26(2)36(25)58-40(52)34-28-11-5-7-13-30(28)48(19-10-22-59(54,55)56)31-14-8-6-12-29(31)34/h5-8,11-14,23-24H,9-10,15-22H2,1-4H3,(H3-,42,43,44,45,49,50,51,54,55,56)/p+1. The highest BCUT2D eigenvalue weighted by molar-refractivity contribution is 7.85. The van der Waals surface area contributed by atoms with E-state index in [1.54, 1.807) is 57.3 Å². The smallest absolute Gasteiger partial charge is 0.345 e. The van der Waals surface area contributed by atoms with Gasteiger partial charge in [0.1, 0.15) is 17.1 Å². The lowest BCUT2D eigenvalue weighted by atomic mass is 10.0. The number of amides is 2. The lowest BCUT2D eigenvalue weighted by molar-refractivity contribution is -0.645. The van der Waals surface area contributed by atoms with Gasteiger partial charge >= 0.3 is 11.7 Å². The van der Waals surface area contributed by atoms with Gasteiger partial charge in [-0.15, -0.1) is 0 Å². The van der Waals surface area contributed by atoms with Crippen molar-refractivity contribution >= 4 is 60.9 Å². The van der Waals surface area contributed by atoms with Crippen LogP contribution in [0.3, 0.4) is 0 Å². The first-order valence-electron chi connectivity index (χ1n) is 19.0. The molecule has 0 aliphatic carbocycles. The fourth-order valence-electron chi connectivity index (χ4n) is 7.07. The number of fused-ring (bicyclic) bond motifs is 3. The molecule has 17 nitrogen and oxygen atoms in total. The highest BCUT2D eigenvalue weighted by Gasteiger charge is 2.26. The maximum atomic E-state index is 14.0. The van der Waals surface area contributed by atoms with E-state index >= 15 is 0 Å². The van der Waals surface area contributed by atoms with E-state index in [1.807, 2.05) is 28.8 Å². The molecule has 3 heterocycles. The first-order chi connectivity index (χ1) is 28.1. The Morgan fingerprint density at radius 3 is 2.12 bits per heavy atom. The third kappa shape index (κ3) is 9.73. The molecule has 0 bridgehead atoms. The number of carbonyl (C=O) groups is 3. The molecule has 2 amide bonds. The Morgan fingerprint density at radius 1 is 0.881 bits per heavy atom. The van der Waals surface area contributed by atoms with E-state index in [0.717, 1.165) is 4.57 Å². The van der Waals surface area contributed by atoms with E-state index in [2.05, 4.69) is 20.6 Å². The Hall–Kier alpha value is -6.24. The zero-order valence-electron chi connectivity index (χ0n) is 33.2. The molecule has 3 aromatic carbocycles. The molecule has 6 aromatic rings.